The molecule has 0 aliphatic carbocycles. The summed E-state index contributed by atoms with van der Waals surface area (Å²) in [5, 5.41) is 0. The molecule has 15 heavy (non-hydrogen) atoms. The molecule has 0 aliphatic heterocycles. The Bertz CT molecular complexity index is 272. The van der Waals surface area contributed by atoms with Crippen molar-refractivity contribution in [2.75, 3.05) is 0 Å². The first-order valence-corrected chi connectivity index (χ1v) is 5.36. The first kappa shape index (κ1) is 13.4. The maximum atomic E-state index is 3.59. The Hall–Kier alpha value is -1.56. The molecular weight excluding hydrogens is 180 g/mol. The van der Waals surface area contributed by atoms with E-state index in [1.807, 2.05) is 48.6 Å². The third-order valence-electron chi connectivity index (χ3n) is 1.62. The van der Waals surface area contributed by atoms with Gasteiger partial charge in [0.25, 0.3) is 0 Å². The van der Waals surface area contributed by atoms with Gasteiger partial charge in [0.05, 0.1) is 0 Å². The normalized spacial score (nSPS) is 13.1. The molecule has 0 aromatic rings. The standard InChI is InChI=1S/C15H20/c1-3-5-7-9-11-13-15-14-12-10-8-6-4-2/h3,5,7-15H,1,4,6H2,2H3. The Morgan fingerprint density at radius 1 is 0.733 bits per heavy atom. The van der Waals surface area contributed by atoms with E-state index < -0.39 is 0 Å². The van der Waals surface area contributed by atoms with Crippen molar-refractivity contribution in [1.82, 2.24) is 0 Å². The van der Waals surface area contributed by atoms with Crippen molar-refractivity contribution >= 4 is 0 Å². The van der Waals surface area contributed by atoms with Gasteiger partial charge in [-0.1, -0.05) is 86.8 Å². The fraction of sp³-hybridized carbons (Fsp3) is 0.200. The van der Waals surface area contributed by atoms with Gasteiger partial charge in [-0.05, 0) is 6.42 Å². The van der Waals surface area contributed by atoms with Gasteiger partial charge in [0.1, 0.15) is 0 Å². The highest BCUT2D eigenvalue weighted by Crippen LogP contribution is 1.89. The van der Waals surface area contributed by atoms with Gasteiger partial charge in [-0.3, -0.25) is 0 Å². The minimum Gasteiger partial charge on any atom is -0.0991 e. The third kappa shape index (κ3) is 12.4. The van der Waals surface area contributed by atoms with Crippen molar-refractivity contribution in [3.05, 3.63) is 73.4 Å². The van der Waals surface area contributed by atoms with Crippen LogP contribution in [0.1, 0.15) is 19.8 Å². The van der Waals surface area contributed by atoms with Crippen LogP contribution in [0.4, 0.5) is 0 Å². The van der Waals surface area contributed by atoms with Crippen molar-refractivity contribution < 1.29 is 0 Å². The van der Waals surface area contributed by atoms with Gasteiger partial charge in [-0.2, -0.15) is 0 Å². The van der Waals surface area contributed by atoms with E-state index in [0.29, 0.717) is 0 Å². The van der Waals surface area contributed by atoms with E-state index in [0.717, 1.165) is 6.42 Å². The van der Waals surface area contributed by atoms with Crippen LogP contribution < -0.4 is 0 Å². The lowest BCUT2D eigenvalue weighted by molar-refractivity contribution is 0.959. The fourth-order valence-corrected chi connectivity index (χ4v) is 0.869. The quantitative estimate of drug-likeness (QED) is 0.520. The Morgan fingerprint density at radius 3 is 1.67 bits per heavy atom. The number of allylic oxidation sites excluding steroid dienone is 11. The molecule has 0 heteroatoms. The summed E-state index contributed by atoms with van der Waals surface area (Å²) in [5.41, 5.74) is 0. The Balaban J connectivity index is 3.65. The van der Waals surface area contributed by atoms with E-state index >= 15 is 0 Å². The van der Waals surface area contributed by atoms with E-state index in [4.69, 9.17) is 0 Å². The van der Waals surface area contributed by atoms with Crippen molar-refractivity contribution in [3.8, 4) is 0 Å². The molecule has 0 radical (unpaired) electrons. The summed E-state index contributed by atoms with van der Waals surface area (Å²) in [6.45, 7) is 5.76. The topological polar surface area (TPSA) is 0 Å². The maximum absolute atomic E-state index is 3.59. The van der Waals surface area contributed by atoms with E-state index in [1.165, 1.54) is 6.42 Å². The van der Waals surface area contributed by atoms with E-state index in [-0.39, 0.29) is 0 Å². The van der Waals surface area contributed by atoms with Crippen molar-refractivity contribution in [1.29, 1.82) is 0 Å². The Labute approximate surface area is 93.7 Å². The summed E-state index contributed by atoms with van der Waals surface area (Å²) < 4.78 is 0. The first-order valence-electron chi connectivity index (χ1n) is 5.36. The molecule has 0 N–H and O–H groups in total. The Kier molecular flexibility index (Phi) is 11.1. The molecular formula is C15H20. The molecule has 0 saturated heterocycles. The van der Waals surface area contributed by atoms with Gasteiger partial charge in [-0.25, -0.2) is 0 Å². The fourth-order valence-electron chi connectivity index (χ4n) is 0.869. The molecule has 0 unspecified atom stereocenters. The summed E-state index contributed by atoms with van der Waals surface area (Å²) in [5.74, 6) is 0. The smallest absolute Gasteiger partial charge is 0.0350 e. The molecule has 0 amide bonds. The predicted octanol–water partition coefficient (Wildman–Crippen LogP) is 4.75. The first-order chi connectivity index (χ1) is 7.41. The van der Waals surface area contributed by atoms with E-state index in [2.05, 4.69) is 25.7 Å². The lowest BCUT2D eigenvalue weighted by Crippen LogP contribution is -1.58. The van der Waals surface area contributed by atoms with Crippen molar-refractivity contribution in [3.63, 3.8) is 0 Å². The second-order valence-corrected chi connectivity index (χ2v) is 2.99. The zero-order valence-electron chi connectivity index (χ0n) is 9.47. The van der Waals surface area contributed by atoms with Crippen LogP contribution in [0, 0.1) is 0 Å². The van der Waals surface area contributed by atoms with Crippen LogP contribution in [0.25, 0.3) is 0 Å². The second kappa shape index (κ2) is 12.4. The van der Waals surface area contributed by atoms with Crippen LogP contribution in [-0.4, -0.2) is 0 Å². The van der Waals surface area contributed by atoms with E-state index in [9.17, 15) is 0 Å². The minimum atomic E-state index is 1.15. The summed E-state index contributed by atoms with van der Waals surface area (Å²) in [6, 6.07) is 0. The van der Waals surface area contributed by atoms with Crippen molar-refractivity contribution in [2.24, 2.45) is 0 Å². The van der Waals surface area contributed by atoms with Gasteiger partial charge in [0, 0.05) is 0 Å². The SMILES string of the molecule is C=CC=CC=CC=CC=CC=CCCC. The summed E-state index contributed by atoms with van der Waals surface area (Å²) >= 11 is 0. The van der Waals surface area contributed by atoms with Gasteiger partial charge < -0.3 is 0 Å². The molecule has 0 aromatic carbocycles. The molecule has 0 fully saturated rings. The lowest BCUT2D eigenvalue weighted by Gasteiger charge is -1.79. The Morgan fingerprint density at radius 2 is 1.20 bits per heavy atom. The monoisotopic (exact) mass is 200 g/mol. The van der Waals surface area contributed by atoms with E-state index in [1.54, 1.807) is 6.08 Å². The van der Waals surface area contributed by atoms with Gasteiger partial charge in [0.2, 0.25) is 0 Å². The molecule has 80 valence electrons. The maximum Gasteiger partial charge on any atom is -0.0350 e. The summed E-state index contributed by atoms with van der Waals surface area (Å²) in [7, 11) is 0. The average Bonchev–Trinajstić information content (AvgIpc) is 2.26. The number of unbranched alkanes of at least 4 members (excludes halogenated alkanes) is 1. The van der Waals surface area contributed by atoms with Crippen LogP contribution in [0.5, 0.6) is 0 Å². The molecule has 0 saturated carbocycles. The van der Waals surface area contributed by atoms with Crippen LogP contribution in [0.3, 0.4) is 0 Å². The lowest BCUT2D eigenvalue weighted by atomic mass is 10.3. The number of hydrogen-bond donors (Lipinski definition) is 0. The van der Waals surface area contributed by atoms with Gasteiger partial charge in [-0.15, -0.1) is 0 Å². The molecule has 0 heterocycles. The predicted molar refractivity (Wildman–Crippen MR) is 70.8 cm³/mol. The highest BCUT2D eigenvalue weighted by Gasteiger charge is 1.68. The number of rotatable bonds is 7. The molecule has 0 aromatic heterocycles. The van der Waals surface area contributed by atoms with Gasteiger partial charge >= 0.3 is 0 Å². The van der Waals surface area contributed by atoms with Crippen LogP contribution >= 0.6 is 0 Å². The largest absolute Gasteiger partial charge is 0.0991 e. The molecule has 0 rings (SSSR count). The highest BCUT2D eigenvalue weighted by molar-refractivity contribution is 5.18. The molecule has 0 nitrogen and oxygen atoms in total. The zero-order chi connectivity index (χ0) is 11.2. The van der Waals surface area contributed by atoms with Crippen LogP contribution in [0.2, 0.25) is 0 Å². The van der Waals surface area contributed by atoms with Crippen LogP contribution in [0.15, 0.2) is 73.4 Å². The highest BCUT2D eigenvalue weighted by atomic mass is 13.8. The molecule has 0 spiro atoms. The second-order valence-electron chi connectivity index (χ2n) is 2.99. The van der Waals surface area contributed by atoms with Gasteiger partial charge in [0.15, 0.2) is 0 Å². The average molecular weight is 200 g/mol. The summed E-state index contributed by atoms with van der Waals surface area (Å²) in [6.07, 6.45) is 24.2. The minimum absolute atomic E-state index is 1.15. The molecule has 0 bridgehead atoms. The number of hydrogen-bond acceptors (Lipinski definition) is 0. The molecule has 0 aliphatic rings. The zero-order valence-corrected chi connectivity index (χ0v) is 9.47. The third-order valence-corrected chi connectivity index (χ3v) is 1.62. The summed E-state index contributed by atoms with van der Waals surface area (Å²) in [4.78, 5) is 0. The molecule has 0 atom stereocenters. The van der Waals surface area contributed by atoms with Crippen LogP contribution in [-0.2, 0) is 0 Å². The van der Waals surface area contributed by atoms with Crippen molar-refractivity contribution in [2.45, 2.75) is 19.8 Å².